The molecule has 1 aliphatic rings. The summed E-state index contributed by atoms with van der Waals surface area (Å²) in [4.78, 5) is 13.9. The molecule has 1 aliphatic heterocycles. The topological polar surface area (TPSA) is 38.8 Å². The normalized spacial score (nSPS) is 12.2. The third-order valence-electron chi connectivity index (χ3n) is 4.94. The molecule has 0 bridgehead atoms. The van der Waals surface area contributed by atoms with Gasteiger partial charge in [0.15, 0.2) is 12.4 Å². The number of rotatable bonds is 7. The van der Waals surface area contributed by atoms with Crippen molar-refractivity contribution >= 4 is 11.6 Å². The predicted octanol–water partition coefficient (Wildman–Crippen LogP) is 4.96. The smallest absolute Gasteiger partial charge is 0.258 e. The average Bonchev–Trinajstić information content (AvgIpc) is 3.25. The number of carbonyl (C=O) groups excluding carboxylic acids is 1. The lowest BCUT2D eigenvalue weighted by Gasteiger charge is -2.24. The van der Waals surface area contributed by atoms with E-state index in [-0.39, 0.29) is 0 Å². The van der Waals surface area contributed by atoms with Gasteiger partial charge in [-0.25, -0.2) is 4.39 Å². The maximum Gasteiger partial charge on any atom is 0.258 e. The summed E-state index contributed by atoms with van der Waals surface area (Å²) in [7, 11) is 0. The van der Waals surface area contributed by atoms with Gasteiger partial charge in [-0.1, -0.05) is 48.5 Å². The molecule has 0 N–H and O–H groups in total. The van der Waals surface area contributed by atoms with Crippen LogP contribution in [0.2, 0.25) is 0 Å². The van der Waals surface area contributed by atoms with E-state index in [4.69, 9.17) is 9.47 Å². The van der Waals surface area contributed by atoms with Gasteiger partial charge >= 0.3 is 0 Å². The first-order chi connectivity index (χ1) is 14.3. The van der Waals surface area contributed by atoms with Crippen LogP contribution < -0.4 is 14.4 Å². The molecule has 1 heterocycles. The Morgan fingerprint density at radius 1 is 1.00 bits per heavy atom. The van der Waals surface area contributed by atoms with E-state index in [0.29, 0.717) is 36.8 Å². The largest absolute Gasteiger partial charge is 0.493 e. The average molecular weight is 391 g/mol. The Morgan fingerprint density at radius 3 is 2.62 bits per heavy atom. The zero-order valence-corrected chi connectivity index (χ0v) is 16.0. The number of hydrogen-bond acceptors (Lipinski definition) is 3. The number of anilines is 1. The first-order valence-corrected chi connectivity index (χ1v) is 9.68. The summed E-state index contributed by atoms with van der Waals surface area (Å²) in [6, 6.07) is 22.6. The summed E-state index contributed by atoms with van der Waals surface area (Å²) in [6.45, 7) is -0.0615. The summed E-state index contributed by atoms with van der Waals surface area (Å²) >= 11 is 0. The Morgan fingerprint density at radius 2 is 1.79 bits per heavy atom. The molecular formula is C24H22FNO3. The Labute approximate surface area is 169 Å². The SMILES string of the molecule is O=C(CF)N(CCc1cccc2c1OCC2)c1ccccc1Oc1ccccc1. The molecule has 4 rings (SSSR count). The number of hydrogen-bond donors (Lipinski definition) is 0. The van der Waals surface area contributed by atoms with E-state index in [9.17, 15) is 9.18 Å². The van der Waals surface area contributed by atoms with Crippen molar-refractivity contribution in [3.8, 4) is 17.2 Å². The maximum atomic E-state index is 13.4. The molecule has 0 radical (unpaired) electrons. The van der Waals surface area contributed by atoms with Gasteiger partial charge in [-0.2, -0.15) is 0 Å². The molecule has 0 fully saturated rings. The van der Waals surface area contributed by atoms with Gasteiger partial charge < -0.3 is 14.4 Å². The van der Waals surface area contributed by atoms with E-state index in [1.54, 1.807) is 12.1 Å². The van der Waals surface area contributed by atoms with Crippen LogP contribution >= 0.6 is 0 Å². The molecule has 4 nitrogen and oxygen atoms in total. The number of carbonyl (C=O) groups is 1. The van der Waals surface area contributed by atoms with Crippen molar-refractivity contribution in [2.75, 3.05) is 24.7 Å². The third-order valence-corrected chi connectivity index (χ3v) is 4.94. The number of alkyl halides is 1. The Hall–Kier alpha value is -3.34. The van der Waals surface area contributed by atoms with Gasteiger partial charge in [0, 0.05) is 13.0 Å². The van der Waals surface area contributed by atoms with Gasteiger partial charge in [0.2, 0.25) is 0 Å². The highest BCUT2D eigenvalue weighted by Crippen LogP contribution is 2.34. The highest BCUT2D eigenvalue weighted by molar-refractivity contribution is 5.95. The number of nitrogens with zero attached hydrogens (tertiary/aromatic N) is 1. The molecule has 3 aromatic rings. The summed E-state index contributed by atoms with van der Waals surface area (Å²) in [6.07, 6.45) is 1.46. The molecule has 0 aliphatic carbocycles. The Balaban J connectivity index is 1.59. The molecule has 0 unspecified atom stereocenters. The van der Waals surface area contributed by atoms with E-state index in [1.165, 1.54) is 10.5 Å². The lowest BCUT2D eigenvalue weighted by Crippen LogP contribution is -2.34. The number of ether oxygens (including phenoxy) is 2. The standard InChI is InChI=1S/C24H22FNO3/c25-17-23(27)26(15-13-18-7-6-8-19-14-16-28-24(18)19)21-11-4-5-12-22(21)29-20-9-2-1-3-10-20/h1-12H,13-17H2. The molecular weight excluding hydrogens is 369 g/mol. The first kappa shape index (κ1) is 19.0. The van der Waals surface area contributed by atoms with Crippen LogP contribution in [0.25, 0.3) is 0 Å². The minimum Gasteiger partial charge on any atom is -0.493 e. The van der Waals surface area contributed by atoms with E-state index in [0.717, 1.165) is 17.7 Å². The van der Waals surface area contributed by atoms with E-state index >= 15 is 0 Å². The number of halogens is 1. The van der Waals surface area contributed by atoms with Gasteiger partial charge in [0.1, 0.15) is 11.5 Å². The van der Waals surface area contributed by atoms with Crippen LogP contribution in [-0.2, 0) is 17.6 Å². The summed E-state index contributed by atoms with van der Waals surface area (Å²) in [5.41, 5.74) is 2.75. The molecule has 0 spiro atoms. The maximum absolute atomic E-state index is 13.4. The van der Waals surface area contributed by atoms with Gasteiger partial charge in [0.25, 0.3) is 5.91 Å². The fraction of sp³-hybridized carbons (Fsp3) is 0.208. The molecule has 29 heavy (non-hydrogen) atoms. The van der Waals surface area contributed by atoms with E-state index in [2.05, 4.69) is 6.07 Å². The highest BCUT2D eigenvalue weighted by Gasteiger charge is 2.22. The zero-order valence-electron chi connectivity index (χ0n) is 16.0. The molecule has 148 valence electrons. The monoisotopic (exact) mass is 391 g/mol. The lowest BCUT2D eigenvalue weighted by atomic mass is 10.1. The van der Waals surface area contributed by atoms with Crippen LogP contribution in [-0.4, -0.2) is 25.7 Å². The number of amides is 1. The first-order valence-electron chi connectivity index (χ1n) is 9.68. The van der Waals surface area contributed by atoms with Crippen molar-refractivity contribution in [3.63, 3.8) is 0 Å². The Kier molecular flexibility index (Phi) is 5.75. The van der Waals surface area contributed by atoms with Crippen LogP contribution in [0.3, 0.4) is 0 Å². The second kappa shape index (κ2) is 8.78. The van der Waals surface area contributed by atoms with Crippen molar-refractivity contribution in [3.05, 3.63) is 83.9 Å². The zero-order chi connectivity index (χ0) is 20.1. The van der Waals surface area contributed by atoms with Crippen LogP contribution in [0.5, 0.6) is 17.2 Å². The van der Waals surface area contributed by atoms with Crippen molar-refractivity contribution in [1.29, 1.82) is 0 Å². The molecule has 3 aromatic carbocycles. The molecule has 0 atom stereocenters. The second-order valence-corrected chi connectivity index (χ2v) is 6.82. The van der Waals surface area contributed by atoms with E-state index < -0.39 is 12.6 Å². The molecule has 0 saturated carbocycles. The predicted molar refractivity (Wildman–Crippen MR) is 111 cm³/mol. The lowest BCUT2D eigenvalue weighted by molar-refractivity contribution is -0.119. The number of para-hydroxylation sites is 4. The van der Waals surface area contributed by atoms with Gasteiger partial charge in [0.05, 0.1) is 12.3 Å². The van der Waals surface area contributed by atoms with Crippen LogP contribution in [0, 0.1) is 0 Å². The summed E-state index contributed by atoms with van der Waals surface area (Å²) in [5, 5.41) is 0. The van der Waals surface area contributed by atoms with Crippen LogP contribution in [0.15, 0.2) is 72.8 Å². The molecule has 5 heteroatoms. The summed E-state index contributed by atoms with van der Waals surface area (Å²) in [5.74, 6) is 1.47. The fourth-order valence-electron chi connectivity index (χ4n) is 3.55. The Bertz CT molecular complexity index is 990. The van der Waals surface area contributed by atoms with Crippen molar-refractivity contribution < 1.29 is 18.7 Å². The molecule has 1 amide bonds. The van der Waals surface area contributed by atoms with Crippen LogP contribution in [0.4, 0.5) is 10.1 Å². The molecule has 0 saturated heterocycles. The van der Waals surface area contributed by atoms with Crippen molar-refractivity contribution in [2.24, 2.45) is 0 Å². The summed E-state index contributed by atoms with van der Waals surface area (Å²) < 4.78 is 25.1. The van der Waals surface area contributed by atoms with Crippen molar-refractivity contribution in [1.82, 2.24) is 0 Å². The third kappa shape index (κ3) is 4.24. The fourth-order valence-corrected chi connectivity index (χ4v) is 3.55. The van der Waals surface area contributed by atoms with Gasteiger partial charge in [-0.15, -0.1) is 0 Å². The minimum atomic E-state index is -1.07. The van der Waals surface area contributed by atoms with Crippen LogP contribution in [0.1, 0.15) is 11.1 Å². The van der Waals surface area contributed by atoms with E-state index in [1.807, 2.05) is 54.6 Å². The van der Waals surface area contributed by atoms with Gasteiger partial charge in [-0.05, 0) is 41.8 Å². The minimum absolute atomic E-state index is 0.331. The number of fused-ring (bicyclic) bond motifs is 1. The van der Waals surface area contributed by atoms with Crippen molar-refractivity contribution in [2.45, 2.75) is 12.8 Å². The quantitative estimate of drug-likeness (QED) is 0.571. The highest BCUT2D eigenvalue weighted by atomic mass is 19.1. The van der Waals surface area contributed by atoms with Gasteiger partial charge in [-0.3, -0.25) is 4.79 Å². The number of benzene rings is 3. The second-order valence-electron chi connectivity index (χ2n) is 6.82. The molecule has 0 aromatic heterocycles.